The molecule has 1 fully saturated rings. The van der Waals surface area contributed by atoms with Gasteiger partial charge in [-0.2, -0.15) is 0 Å². The van der Waals surface area contributed by atoms with Gasteiger partial charge in [-0.3, -0.25) is 14.5 Å². The molecule has 1 atom stereocenters. The molecule has 3 aromatic rings. The summed E-state index contributed by atoms with van der Waals surface area (Å²) in [6.45, 7) is 5.39. The van der Waals surface area contributed by atoms with Crippen molar-refractivity contribution in [2.45, 2.75) is 26.3 Å². The number of halogens is 1. The zero-order chi connectivity index (χ0) is 23.8. The van der Waals surface area contributed by atoms with Crippen LogP contribution in [-0.4, -0.2) is 29.3 Å². The molecule has 1 heterocycles. The highest BCUT2D eigenvalue weighted by Crippen LogP contribution is 2.37. The summed E-state index contributed by atoms with van der Waals surface area (Å²) in [5, 5.41) is 5.93. The van der Waals surface area contributed by atoms with Crippen LogP contribution >= 0.6 is 11.6 Å². The van der Waals surface area contributed by atoms with Crippen molar-refractivity contribution in [3.05, 3.63) is 99.6 Å². The predicted molar refractivity (Wildman–Crippen MR) is 128 cm³/mol. The van der Waals surface area contributed by atoms with Gasteiger partial charge in [0.05, 0.1) is 10.7 Å². The Morgan fingerprint density at radius 3 is 2.33 bits per heavy atom. The molecule has 0 unspecified atom stereocenters. The second-order valence-electron chi connectivity index (χ2n) is 8.27. The highest BCUT2D eigenvalue weighted by atomic mass is 35.5. The number of carbonyl (C=O) groups is 3. The Morgan fingerprint density at radius 2 is 1.67 bits per heavy atom. The molecule has 0 bridgehead atoms. The smallest absolute Gasteiger partial charge is 0.323 e. The van der Waals surface area contributed by atoms with Gasteiger partial charge < -0.3 is 10.6 Å². The van der Waals surface area contributed by atoms with Gasteiger partial charge >= 0.3 is 6.03 Å². The monoisotopic (exact) mass is 461 g/mol. The average molecular weight is 462 g/mol. The van der Waals surface area contributed by atoms with Gasteiger partial charge in [0.25, 0.3) is 5.91 Å². The summed E-state index contributed by atoms with van der Waals surface area (Å²) in [5.41, 5.74) is 3.28. The fourth-order valence-electron chi connectivity index (χ4n) is 4.00. The van der Waals surface area contributed by atoms with E-state index in [1.54, 1.807) is 24.3 Å². The van der Waals surface area contributed by atoms with Crippen molar-refractivity contribution in [2.75, 3.05) is 11.9 Å². The minimum atomic E-state index is -1.42. The van der Waals surface area contributed by atoms with Crippen molar-refractivity contribution in [3.63, 3.8) is 0 Å². The minimum absolute atomic E-state index is 0.384. The number of rotatable bonds is 5. The highest BCUT2D eigenvalue weighted by molar-refractivity contribution is 6.33. The van der Waals surface area contributed by atoms with Crippen molar-refractivity contribution in [1.29, 1.82) is 0 Å². The van der Waals surface area contributed by atoms with Crippen LogP contribution in [0.25, 0.3) is 0 Å². The quantitative estimate of drug-likeness (QED) is 0.540. The van der Waals surface area contributed by atoms with Crippen LogP contribution in [0, 0.1) is 20.8 Å². The Hall–Kier alpha value is -3.64. The summed E-state index contributed by atoms with van der Waals surface area (Å²) in [7, 11) is 0. The van der Waals surface area contributed by atoms with Crippen molar-refractivity contribution >= 4 is 35.1 Å². The first-order chi connectivity index (χ1) is 15.7. The summed E-state index contributed by atoms with van der Waals surface area (Å²) in [5.74, 6) is -1.03. The average Bonchev–Trinajstić information content (AvgIpc) is 3.04. The normalized spacial score (nSPS) is 17.8. The zero-order valence-corrected chi connectivity index (χ0v) is 19.4. The first-order valence-corrected chi connectivity index (χ1v) is 10.9. The number of imide groups is 1. The van der Waals surface area contributed by atoms with E-state index in [0.717, 1.165) is 21.6 Å². The fourth-order valence-corrected chi connectivity index (χ4v) is 4.28. The van der Waals surface area contributed by atoms with Gasteiger partial charge in [0.15, 0.2) is 5.54 Å². The number of nitrogens with zero attached hydrogens (tertiary/aromatic N) is 1. The van der Waals surface area contributed by atoms with E-state index in [0.29, 0.717) is 21.8 Å². The molecule has 0 spiro atoms. The largest absolute Gasteiger partial charge is 0.326 e. The van der Waals surface area contributed by atoms with Gasteiger partial charge in [-0.25, -0.2) is 4.79 Å². The lowest BCUT2D eigenvalue weighted by Gasteiger charge is -2.28. The van der Waals surface area contributed by atoms with E-state index in [1.165, 1.54) is 0 Å². The van der Waals surface area contributed by atoms with E-state index < -0.39 is 29.9 Å². The highest BCUT2D eigenvalue weighted by Gasteiger charge is 2.54. The van der Waals surface area contributed by atoms with E-state index in [2.05, 4.69) is 10.6 Å². The molecule has 168 valence electrons. The summed E-state index contributed by atoms with van der Waals surface area (Å²) >= 11 is 6.21. The lowest BCUT2D eigenvalue weighted by Crippen LogP contribution is -2.45. The van der Waals surface area contributed by atoms with Crippen LogP contribution in [0.15, 0.2) is 66.7 Å². The summed E-state index contributed by atoms with van der Waals surface area (Å²) in [6, 6.07) is 19.3. The predicted octanol–water partition coefficient (Wildman–Crippen LogP) is 4.70. The zero-order valence-electron chi connectivity index (χ0n) is 18.6. The first kappa shape index (κ1) is 22.6. The molecule has 33 heavy (non-hydrogen) atoms. The van der Waals surface area contributed by atoms with Gasteiger partial charge in [-0.05, 0) is 60.7 Å². The van der Waals surface area contributed by atoms with Crippen molar-refractivity contribution < 1.29 is 14.4 Å². The molecule has 1 saturated heterocycles. The summed E-state index contributed by atoms with van der Waals surface area (Å²) in [4.78, 5) is 40.4. The second kappa shape index (κ2) is 8.71. The third-order valence-electron chi connectivity index (χ3n) is 5.95. The van der Waals surface area contributed by atoms with Crippen LogP contribution in [-0.2, 0) is 15.1 Å². The van der Waals surface area contributed by atoms with E-state index in [9.17, 15) is 14.4 Å². The van der Waals surface area contributed by atoms with Gasteiger partial charge in [0.1, 0.15) is 6.54 Å². The molecule has 3 aromatic carbocycles. The van der Waals surface area contributed by atoms with E-state index in [-0.39, 0.29) is 0 Å². The molecule has 7 heteroatoms. The van der Waals surface area contributed by atoms with Gasteiger partial charge in [-0.1, -0.05) is 66.2 Å². The lowest BCUT2D eigenvalue weighted by molar-refractivity contribution is -0.133. The Bertz CT molecular complexity index is 1260. The first-order valence-electron chi connectivity index (χ1n) is 10.6. The van der Waals surface area contributed by atoms with Crippen LogP contribution in [0.5, 0.6) is 0 Å². The number of aryl methyl sites for hydroxylation is 3. The fraction of sp³-hybridized carbons (Fsp3) is 0.192. The molecule has 4 rings (SSSR count). The number of hydrogen-bond acceptors (Lipinski definition) is 3. The number of urea groups is 1. The molecule has 1 aliphatic heterocycles. The minimum Gasteiger partial charge on any atom is -0.323 e. The number of benzene rings is 3. The molecule has 4 amide bonds. The molecule has 6 nitrogen and oxygen atoms in total. The maximum Gasteiger partial charge on any atom is 0.326 e. The Kier molecular flexibility index (Phi) is 5.95. The number of nitrogens with one attached hydrogen (secondary N) is 2. The van der Waals surface area contributed by atoms with E-state index in [1.807, 2.05) is 63.2 Å². The summed E-state index contributed by atoms with van der Waals surface area (Å²) < 4.78 is 0. The van der Waals surface area contributed by atoms with Crippen LogP contribution in [0.2, 0.25) is 5.02 Å². The number of hydrogen-bond donors (Lipinski definition) is 2. The molecule has 0 saturated carbocycles. The SMILES string of the molecule is Cc1ccc(NC(=O)CN2C(=O)N[C@](c3ccccc3)(c3ccc(C)c(C)c3)C2=O)c(Cl)c1. The number of amides is 4. The van der Waals surface area contributed by atoms with Crippen LogP contribution in [0.3, 0.4) is 0 Å². The molecule has 0 aromatic heterocycles. The van der Waals surface area contributed by atoms with Crippen molar-refractivity contribution in [1.82, 2.24) is 10.2 Å². The molecule has 1 aliphatic rings. The van der Waals surface area contributed by atoms with Crippen LogP contribution < -0.4 is 10.6 Å². The van der Waals surface area contributed by atoms with Gasteiger partial charge in [-0.15, -0.1) is 0 Å². The lowest BCUT2D eigenvalue weighted by atomic mass is 9.81. The van der Waals surface area contributed by atoms with Crippen molar-refractivity contribution in [3.8, 4) is 0 Å². The third-order valence-corrected chi connectivity index (χ3v) is 6.27. The van der Waals surface area contributed by atoms with Crippen molar-refractivity contribution in [2.24, 2.45) is 0 Å². The topological polar surface area (TPSA) is 78.5 Å². The number of anilines is 1. The third kappa shape index (κ3) is 4.10. The molecule has 2 N–H and O–H groups in total. The molecular formula is C26H24ClN3O3. The van der Waals surface area contributed by atoms with Gasteiger partial charge in [0.2, 0.25) is 5.91 Å². The Morgan fingerprint density at radius 1 is 0.939 bits per heavy atom. The van der Waals surface area contributed by atoms with Gasteiger partial charge in [0, 0.05) is 0 Å². The standard InChI is InChI=1S/C26H24ClN3O3/c1-16-9-12-22(21(27)13-16)28-23(31)15-30-24(32)26(29-25(30)33,19-7-5-4-6-8-19)20-11-10-17(2)18(3)14-20/h4-14H,15H2,1-3H3,(H,28,31)(H,29,33)/t26-/m1/s1. The van der Waals surface area contributed by atoms with Crippen LogP contribution in [0.4, 0.5) is 10.5 Å². The Labute approximate surface area is 197 Å². The molecule has 0 radical (unpaired) electrons. The molecule has 0 aliphatic carbocycles. The maximum atomic E-state index is 13.8. The van der Waals surface area contributed by atoms with E-state index >= 15 is 0 Å². The summed E-state index contributed by atoms with van der Waals surface area (Å²) in [6.07, 6.45) is 0. The number of carbonyl (C=O) groups excluding carboxylic acids is 3. The molecular weight excluding hydrogens is 438 g/mol. The Balaban J connectivity index is 1.68. The van der Waals surface area contributed by atoms with Crippen LogP contribution in [0.1, 0.15) is 27.8 Å². The maximum absolute atomic E-state index is 13.8. The van der Waals surface area contributed by atoms with E-state index in [4.69, 9.17) is 11.6 Å². The second-order valence-corrected chi connectivity index (χ2v) is 8.68.